The van der Waals surface area contributed by atoms with Gasteiger partial charge in [-0.15, -0.1) is 10.2 Å². The fraction of sp³-hybridized carbons (Fsp3) is 0.400. The summed E-state index contributed by atoms with van der Waals surface area (Å²) in [5.41, 5.74) is 0. The molecule has 1 amide bonds. The Kier molecular flexibility index (Phi) is 8.83. The second-order valence-electron chi connectivity index (χ2n) is 5.20. The molecular formula is C15H19ClN4O3S4. The van der Waals surface area contributed by atoms with Crippen molar-refractivity contribution in [3.63, 3.8) is 0 Å². The first-order valence-electron chi connectivity index (χ1n) is 7.89. The molecule has 148 valence electrons. The summed E-state index contributed by atoms with van der Waals surface area (Å²) in [7, 11) is -3.86. The average molecular weight is 467 g/mol. The maximum Gasteiger partial charge on any atom is 0.244 e. The number of anilines is 1. The van der Waals surface area contributed by atoms with E-state index < -0.39 is 22.0 Å². The Labute approximate surface area is 176 Å². The maximum atomic E-state index is 12.6. The molecule has 0 spiro atoms. The van der Waals surface area contributed by atoms with Crippen molar-refractivity contribution in [3.8, 4) is 0 Å². The average Bonchev–Trinajstić information content (AvgIpc) is 3.06. The van der Waals surface area contributed by atoms with E-state index in [4.69, 9.17) is 11.6 Å². The second-order valence-corrected chi connectivity index (χ2v) is 10.8. The van der Waals surface area contributed by atoms with Crippen LogP contribution in [-0.4, -0.2) is 48.3 Å². The molecule has 12 heteroatoms. The number of thioether (sulfide) groups is 2. The Morgan fingerprint density at radius 1 is 1.30 bits per heavy atom. The molecule has 2 aromatic rings. The van der Waals surface area contributed by atoms with Crippen molar-refractivity contribution in [2.75, 3.05) is 23.1 Å². The predicted molar refractivity (Wildman–Crippen MR) is 113 cm³/mol. The molecule has 27 heavy (non-hydrogen) atoms. The molecule has 0 aliphatic rings. The van der Waals surface area contributed by atoms with Gasteiger partial charge in [0, 0.05) is 5.02 Å². The van der Waals surface area contributed by atoms with Crippen molar-refractivity contribution < 1.29 is 13.2 Å². The monoisotopic (exact) mass is 466 g/mol. The van der Waals surface area contributed by atoms with Crippen LogP contribution in [0.5, 0.6) is 0 Å². The summed E-state index contributed by atoms with van der Waals surface area (Å²) in [5, 5.41) is 11.3. The van der Waals surface area contributed by atoms with Crippen molar-refractivity contribution >= 4 is 67.5 Å². The first-order valence-corrected chi connectivity index (χ1v) is 13.0. The number of amides is 1. The smallest absolute Gasteiger partial charge is 0.244 e. The summed E-state index contributed by atoms with van der Waals surface area (Å²) in [4.78, 5) is 12.7. The minimum atomic E-state index is -3.86. The number of hydrogen-bond acceptors (Lipinski definition) is 8. The lowest BCUT2D eigenvalue weighted by molar-refractivity contribution is -0.117. The van der Waals surface area contributed by atoms with E-state index in [2.05, 4.69) is 20.2 Å². The van der Waals surface area contributed by atoms with E-state index in [0.29, 0.717) is 22.3 Å². The highest BCUT2D eigenvalue weighted by Crippen LogP contribution is 2.25. The Morgan fingerprint density at radius 2 is 2.00 bits per heavy atom. The minimum absolute atomic E-state index is 0.0476. The number of halogens is 1. The van der Waals surface area contributed by atoms with E-state index in [1.54, 1.807) is 0 Å². The van der Waals surface area contributed by atoms with E-state index in [1.165, 1.54) is 59.1 Å². The van der Waals surface area contributed by atoms with E-state index in [9.17, 15) is 13.2 Å². The van der Waals surface area contributed by atoms with Crippen molar-refractivity contribution in [1.29, 1.82) is 0 Å². The van der Waals surface area contributed by atoms with Crippen LogP contribution in [0.4, 0.5) is 5.13 Å². The number of nitrogens with zero attached hydrogens (tertiary/aromatic N) is 2. The largest absolute Gasteiger partial charge is 0.299 e. The molecule has 0 saturated carbocycles. The Balaban J connectivity index is 2.12. The molecule has 1 aromatic carbocycles. The summed E-state index contributed by atoms with van der Waals surface area (Å²) in [6.07, 6.45) is 2.23. The zero-order chi connectivity index (χ0) is 19.9. The third-order valence-electron chi connectivity index (χ3n) is 3.25. The van der Waals surface area contributed by atoms with Gasteiger partial charge < -0.3 is 0 Å². The van der Waals surface area contributed by atoms with Gasteiger partial charge in [-0.25, -0.2) is 8.42 Å². The van der Waals surface area contributed by atoms with Crippen LogP contribution in [-0.2, 0) is 14.8 Å². The molecule has 7 nitrogen and oxygen atoms in total. The van der Waals surface area contributed by atoms with Crippen molar-refractivity contribution in [2.45, 2.75) is 28.6 Å². The van der Waals surface area contributed by atoms with Gasteiger partial charge in [-0.1, -0.05) is 41.6 Å². The van der Waals surface area contributed by atoms with Crippen molar-refractivity contribution in [2.24, 2.45) is 0 Å². The fourth-order valence-corrected chi connectivity index (χ4v) is 5.46. The number of carbonyl (C=O) groups is 1. The molecular weight excluding hydrogens is 448 g/mol. The molecule has 0 aliphatic carbocycles. The highest BCUT2D eigenvalue weighted by atomic mass is 35.5. The lowest BCUT2D eigenvalue weighted by Gasteiger charge is -2.17. The van der Waals surface area contributed by atoms with Gasteiger partial charge in [-0.05, 0) is 48.4 Å². The Morgan fingerprint density at radius 3 is 2.63 bits per heavy atom. The highest BCUT2D eigenvalue weighted by Gasteiger charge is 2.26. The molecule has 1 aromatic heterocycles. The van der Waals surface area contributed by atoms with Gasteiger partial charge in [-0.3, -0.25) is 10.1 Å². The van der Waals surface area contributed by atoms with Crippen LogP contribution in [0.3, 0.4) is 0 Å². The first-order chi connectivity index (χ1) is 12.9. The SMILES string of the molecule is CCSc1nnc(NC(=O)[C@@H](CCSC)NS(=O)(=O)c2ccc(Cl)cc2)s1. The van der Waals surface area contributed by atoms with E-state index >= 15 is 0 Å². The molecule has 1 atom stereocenters. The zero-order valence-electron chi connectivity index (χ0n) is 14.6. The molecule has 2 rings (SSSR count). The molecule has 0 saturated heterocycles. The first kappa shape index (κ1) is 22.4. The summed E-state index contributed by atoms with van der Waals surface area (Å²) < 4.78 is 28.4. The van der Waals surface area contributed by atoms with Crippen LogP contribution in [0.25, 0.3) is 0 Å². The number of carbonyl (C=O) groups excluding carboxylic acids is 1. The number of hydrogen-bond donors (Lipinski definition) is 2. The summed E-state index contributed by atoms with van der Waals surface area (Å²) in [6, 6.07) is 4.84. The van der Waals surface area contributed by atoms with Crippen LogP contribution < -0.4 is 10.0 Å². The lowest BCUT2D eigenvalue weighted by Crippen LogP contribution is -2.44. The van der Waals surface area contributed by atoms with Crippen LogP contribution in [0.2, 0.25) is 5.02 Å². The molecule has 0 aliphatic heterocycles. The number of nitrogens with one attached hydrogen (secondary N) is 2. The maximum absolute atomic E-state index is 12.6. The normalized spacial score (nSPS) is 12.7. The van der Waals surface area contributed by atoms with Crippen LogP contribution in [0.15, 0.2) is 33.5 Å². The summed E-state index contributed by atoms with van der Waals surface area (Å²) in [5.74, 6) is 1.000. The standard InChI is InChI=1S/C15H19ClN4O3S4/c1-3-25-15-19-18-14(26-15)17-13(21)12(8-9-24-2)20-27(22,23)11-6-4-10(16)5-7-11/h4-7,12,20H,3,8-9H2,1-2H3,(H,17,18,21)/t12-/m1/s1. The predicted octanol–water partition coefficient (Wildman–Crippen LogP) is 3.34. The Hall–Kier alpha value is -0.850. The summed E-state index contributed by atoms with van der Waals surface area (Å²) >= 11 is 10.1. The third kappa shape index (κ3) is 6.91. The second kappa shape index (κ2) is 10.6. The fourth-order valence-electron chi connectivity index (χ4n) is 1.98. The van der Waals surface area contributed by atoms with Gasteiger partial charge in [0.05, 0.1) is 4.90 Å². The van der Waals surface area contributed by atoms with E-state index in [-0.39, 0.29) is 4.90 Å². The molecule has 0 unspecified atom stereocenters. The number of rotatable bonds is 10. The quantitative estimate of drug-likeness (QED) is 0.409. The third-order valence-corrected chi connectivity index (χ3v) is 7.49. The van der Waals surface area contributed by atoms with Crippen molar-refractivity contribution in [1.82, 2.24) is 14.9 Å². The van der Waals surface area contributed by atoms with Gasteiger partial charge >= 0.3 is 0 Å². The summed E-state index contributed by atoms with van der Waals surface area (Å²) in [6.45, 7) is 1.99. The number of aromatic nitrogens is 2. The van der Waals surface area contributed by atoms with Crippen molar-refractivity contribution in [3.05, 3.63) is 29.3 Å². The van der Waals surface area contributed by atoms with Gasteiger partial charge in [0.2, 0.25) is 21.1 Å². The topological polar surface area (TPSA) is 101 Å². The zero-order valence-corrected chi connectivity index (χ0v) is 18.7. The van der Waals surface area contributed by atoms with Gasteiger partial charge in [0.15, 0.2) is 4.34 Å². The molecule has 0 bridgehead atoms. The molecule has 0 fully saturated rings. The Bertz CT molecular complexity index is 858. The van der Waals surface area contributed by atoms with Crippen LogP contribution in [0, 0.1) is 0 Å². The van der Waals surface area contributed by atoms with Gasteiger partial charge in [0.25, 0.3) is 0 Å². The minimum Gasteiger partial charge on any atom is -0.299 e. The van der Waals surface area contributed by atoms with Crippen LogP contribution >= 0.6 is 46.5 Å². The molecule has 1 heterocycles. The number of sulfonamides is 1. The van der Waals surface area contributed by atoms with Gasteiger partial charge in [-0.2, -0.15) is 16.5 Å². The molecule has 0 radical (unpaired) electrons. The molecule has 2 N–H and O–H groups in total. The number of benzene rings is 1. The van der Waals surface area contributed by atoms with E-state index in [0.717, 1.165) is 10.1 Å². The lowest BCUT2D eigenvalue weighted by atomic mass is 10.2. The van der Waals surface area contributed by atoms with E-state index in [1.807, 2.05) is 13.2 Å². The van der Waals surface area contributed by atoms with Gasteiger partial charge in [0.1, 0.15) is 6.04 Å². The highest BCUT2D eigenvalue weighted by molar-refractivity contribution is 8.01. The van der Waals surface area contributed by atoms with Crippen LogP contribution in [0.1, 0.15) is 13.3 Å².